The van der Waals surface area contributed by atoms with E-state index in [1.807, 2.05) is 12.1 Å². The smallest absolute Gasteiger partial charge is 0.416 e. The van der Waals surface area contributed by atoms with E-state index in [0.29, 0.717) is 29.9 Å². The zero-order chi connectivity index (χ0) is 21.2. The monoisotopic (exact) mass is 408 g/mol. The number of pyridine rings is 1. The van der Waals surface area contributed by atoms with Crippen LogP contribution < -0.4 is 4.74 Å². The van der Waals surface area contributed by atoms with Crippen LogP contribution >= 0.6 is 0 Å². The molecule has 1 fully saturated rings. The highest BCUT2D eigenvalue weighted by atomic mass is 19.4. The van der Waals surface area contributed by atoms with Gasteiger partial charge in [-0.3, -0.25) is 9.78 Å². The number of carbonyl (C=O) groups is 1. The molecular formula is C21H23F3N2O3. The molecule has 8 heteroatoms. The number of aryl methyl sites for hydroxylation is 2. The van der Waals surface area contributed by atoms with Crippen LogP contribution in [0.25, 0.3) is 0 Å². The van der Waals surface area contributed by atoms with Crippen LogP contribution in [0.2, 0.25) is 0 Å². The molecule has 2 aromatic rings. The Labute approximate surface area is 167 Å². The maximum Gasteiger partial charge on any atom is 0.416 e. The van der Waals surface area contributed by atoms with Crippen molar-refractivity contribution >= 4 is 5.91 Å². The van der Waals surface area contributed by atoms with Crippen molar-refractivity contribution in [2.45, 2.75) is 51.6 Å². The number of benzene rings is 1. The van der Waals surface area contributed by atoms with Crippen molar-refractivity contribution in [2.24, 2.45) is 0 Å². The first-order chi connectivity index (χ1) is 13.7. The summed E-state index contributed by atoms with van der Waals surface area (Å²) in [4.78, 5) is 18.0. The van der Waals surface area contributed by atoms with Gasteiger partial charge in [0.1, 0.15) is 12.4 Å². The van der Waals surface area contributed by atoms with Gasteiger partial charge in [-0.25, -0.2) is 0 Å². The lowest BCUT2D eigenvalue weighted by atomic mass is 10.0. The van der Waals surface area contributed by atoms with Gasteiger partial charge in [0.25, 0.3) is 5.91 Å². The number of nitrogens with zero attached hydrogens (tertiary/aromatic N) is 2. The van der Waals surface area contributed by atoms with E-state index in [9.17, 15) is 23.1 Å². The Morgan fingerprint density at radius 1 is 1.34 bits per heavy atom. The maximum absolute atomic E-state index is 12.9. The standard InChI is InChI=1S/C21H23F3N2O3/c1-13-9-16(10-14(2)18(13)29-12-15-5-3-7-25-11-15)20(28)26-8-4-6-17(26)19(27)21(22,23)24/h3,5,7,9-11,17,19,27H,4,6,8,12H2,1-2H3/t17-,19-/m0/s1. The molecule has 0 aliphatic carbocycles. The normalized spacial score (nSPS) is 18.0. The van der Waals surface area contributed by atoms with E-state index in [-0.39, 0.29) is 18.5 Å². The van der Waals surface area contributed by atoms with Crippen molar-refractivity contribution < 1.29 is 27.8 Å². The van der Waals surface area contributed by atoms with Gasteiger partial charge in [0.05, 0.1) is 6.04 Å². The Morgan fingerprint density at radius 3 is 2.62 bits per heavy atom. The van der Waals surface area contributed by atoms with Crippen molar-refractivity contribution in [3.05, 3.63) is 58.9 Å². The molecule has 1 amide bonds. The summed E-state index contributed by atoms with van der Waals surface area (Å²) in [5.41, 5.74) is 2.61. The first kappa shape index (κ1) is 21.1. The van der Waals surface area contributed by atoms with Crippen molar-refractivity contribution in [2.75, 3.05) is 6.54 Å². The quantitative estimate of drug-likeness (QED) is 0.818. The minimum atomic E-state index is -4.76. The third kappa shape index (κ3) is 4.70. The van der Waals surface area contributed by atoms with E-state index in [0.717, 1.165) is 10.5 Å². The van der Waals surface area contributed by atoms with Crippen molar-refractivity contribution in [3.8, 4) is 5.75 Å². The summed E-state index contributed by atoms with van der Waals surface area (Å²) in [6.45, 7) is 4.07. The predicted molar refractivity (Wildman–Crippen MR) is 101 cm³/mol. The number of amides is 1. The van der Waals surface area contributed by atoms with Crippen LogP contribution in [0.15, 0.2) is 36.7 Å². The molecule has 156 valence electrons. The Bertz CT molecular complexity index is 848. The average Bonchev–Trinajstić information content (AvgIpc) is 3.15. The van der Waals surface area contributed by atoms with Crippen molar-refractivity contribution in [1.82, 2.24) is 9.88 Å². The lowest BCUT2D eigenvalue weighted by molar-refractivity contribution is -0.216. The van der Waals surface area contributed by atoms with Crippen LogP contribution in [0, 0.1) is 13.8 Å². The Hall–Kier alpha value is -2.61. The van der Waals surface area contributed by atoms with Gasteiger partial charge < -0.3 is 14.7 Å². The predicted octanol–water partition coefficient (Wildman–Crippen LogP) is 3.81. The molecule has 3 rings (SSSR count). The number of aromatic nitrogens is 1. The SMILES string of the molecule is Cc1cc(C(=O)N2CCC[C@H]2[C@H](O)C(F)(F)F)cc(C)c1OCc1cccnc1. The second-order valence-electron chi connectivity index (χ2n) is 7.28. The van der Waals surface area contributed by atoms with Crippen molar-refractivity contribution in [1.29, 1.82) is 0 Å². The van der Waals surface area contributed by atoms with Crippen LogP contribution in [-0.2, 0) is 6.61 Å². The summed E-state index contributed by atoms with van der Waals surface area (Å²) in [6, 6.07) is 5.66. The molecule has 0 saturated carbocycles. The fourth-order valence-corrected chi connectivity index (χ4v) is 3.70. The molecule has 1 N–H and O–H groups in total. The van der Waals surface area contributed by atoms with E-state index in [1.54, 1.807) is 38.4 Å². The Kier molecular flexibility index (Phi) is 6.12. The van der Waals surface area contributed by atoms with Gasteiger partial charge in [-0.1, -0.05) is 6.07 Å². The van der Waals surface area contributed by atoms with E-state index in [2.05, 4.69) is 4.98 Å². The van der Waals surface area contributed by atoms with Gasteiger partial charge in [-0.15, -0.1) is 0 Å². The topological polar surface area (TPSA) is 62.7 Å². The number of rotatable bonds is 5. The van der Waals surface area contributed by atoms with Crippen LogP contribution in [0.5, 0.6) is 5.75 Å². The molecule has 0 radical (unpaired) electrons. The van der Waals surface area contributed by atoms with Gasteiger partial charge in [-0.2, -0.15) is 13.2 Å². The van der Waals surface area contributed by atoms with Gasteiger partial charge >= 0.3 is 6.18 Å². The van der Waals surface area contributed by atoms with E-state index in [4.69, 9.17) is 4.74 Å². The second kappa shape index (κ2) is 8.41. The van der Waals surface area contributed by atoms with Crippen LogP contribution in [0.3, 0.4) is 0 Å². The minimum absolute atomic E-state index is 0.122. The second-order valence-corrected chi connectivity index (χ2v) is 7.28. The molecule has 1 aromatic heterocycles. The fourth-order valence-electron chi connectivity index (χ4n) is 3.70. The summed E-state index contributed by atoms with van der Waals surface area (Å²) in [5.74, 6) is 0.111. The fraction of sp³-hybridized carbons (Fsp3) is 0.429. The highest BCUT2D eigenvalue weighted by Crippen LogP contribution is 2.33. The number of aliphatic hydroxyl groups excluding tert-OH is 1. The zero-order valence-corrected chi connectivity index (χ0v) is 16.2. The molecular weight excluding hydrogens is 385 g/mol. The molecule has 0 spiro atoms. The average molecular weight is 408 g/mol. The third-order valence-electron chi connectivity index (χ3n) is 5.07. The number of hydrogen-bond donors (Lipinski definition) is 1. The number of likely N-dealkylation sites (tertiary alicyclic amines) is 1. The number of hydrogen-bond acceptors (Lipinski definition) is 4. The van der Waals surface area contributed by atoms with Crippen molar-refractivity contribution in [3.63, 3.8) is 0 Å². The Balaban J connectivity index is 1.78. The lowest BCUT2D eigenvalue weighted by Gasteiger charge is -2.30. The molecule has 1 aliphatic rings. The molecule has 2 atom stereocenters. The molecule has 0 bridgehead atoms. The first-order valence-corrected chi connectivity index (χ1v) is 9.37. The summed E-state index contributed by atoms with van der Waals surface area (Å²) < 4.78 is 44.7. The van der Waals surface area contributed by atoms with E-state index < -0.39 is 24.2 Å². The molecule has 5 nitrogen and oxygen atoms in total. The molecule has 1 saturated heterocycles. The largest absolute Gasteiger partial charge is 0.488 e. The van der Waals surface area contributed by atoms with E-state index in [1.165, 1.54) is 0 Å². The molecule has 29 heavy (non-hydrogen) atoms. The van der Waals surface area contributed by atoms with Crippen LogP contribution in [0.1, 0.15) is 39.9 Å². The highest BCUT2D eigenvalue weighted by molar-refractivity contribution is 5.95. The zero-order valence-electron chi connectivity index (χ0n) is 16.2. The third-order valence-corrected chi connectivity index (χ3v) is 5.07. The molecule has 1 aromatic carbocycles. The summed E-state index contributed by atoms with van der Waals surface area (Å²) in [6.07, 6.45) is -3.39. The first-order valence-electron chi connectivity index (χ1n) is 9.37. The molecule has 1 aliphatic heterocycles. The summed E-state index contributed by atoms with van der Waals surface area (Å²) >= 11 is 0. The number of ether oxygens (including phenoxy) is 1. The number of carbonyl (C=O) groups excluding carboxylic acids is 1. The lowest BCUT2D eigenvalue weighted by Crippen LogP contribution is -2.49. The van der Waals surface area contributed by atoms with Gasteiger partial charge in [0.15, 0.2) is 6.10 Å². The molecule has 0 unspecified atom stereocenters. The number of aliphatic hydroxyl groups is 1. The van der Waals surface area contributed by atoms with E-state index >= 15 is 0 Å². The van der Waals surface area contributed by atoms with Gasteiger partial charge in [0.2, 0.25) is 0 Å². The van der Waals surface area contributed by atoms with Gasteiger partial charge in [0, 0.05) is 30.1 Å². The number of alkyl halides is 3. The summed E-state index contributed by atoms with van der Waals surface area (Å²) in [5, 5.41) is 9.64. The highest BCUT2D eigenvalue weighted by Gasteiger charge is 2.48. The number of halogens is 3. The molecule has 2 heterocycles. The Morgan fingerprint density at radius 2 is 2.03 bits per heavy atom. The summed E-state index contributed by atoms with van der Waals surface area (Å²) in [7, 11) is 0. The van der Waals surface area contributed by atoms with Crippen LogP contribution in [-0.4, -0.2) is 45.8 Å². The van der Waals surface area contributed by atoms with Crippen LogP contribution in [0.4, 0.5) is 13.2 Å². The van der Waals surface area contributed by atoms with Gasteiger partial charge in [-0.05, 0) is 56.0 Å². The maximum atomic E-state index is 12.9. The minimum Gasteiger partial charge on any atom is -0.488 e.